The summed E-state index contributed by atoms with van der Waals surface area (Å²) >= 11 is 0. The van der Waals surface area contributed by atoms with Gasteiger partial charge in [0.25, 0.3) is 0 Å². The molecule has 0 radical (unpaired) electrons. The van der Waals surface area contributed by atoms with Crippen LogP contribution in [-0.4, -0.2) is 41.1 Å². The zero-order chi connectivity index (χ0) is 16.4. The van der Waals surface area contributed by atoms with Crippen LogP contribution in [0.4, 0.5) is 4.79 Å². The monoisotopic (exact) mass is 298 g/mol. The summed E-state index contributed by atoms with van der Waals surface area (Å²) < 4.78 is 5.28. The average Bonchev–Trinajstić information content (AvgIpc) is 2.67. The Labute approximate surface area is 128 Å². The first-order chi connectivity index (χ1) is 9.42. The minimum absolute atomic E-state index is 0.0154. The summed E-state index contributed by atoms with van der Waals surface area (Å²) in [6, 6.07) is -0.337. The highest BCUT2D eigenvalue weighted by molar-refractivity contribution is 5.87. The normalized spacial score (nSPS) is 21.1. The first-order valence-electron chi connectivity index (χ1n) is 7.72. The fourth-order valence-corrected chi connectivity index (χ4v) is 2.50. The molecule has 0 aliphatic carbocycles. The summed E-state index contributed by atoms with van der Waals surface area (Å²) in [7, 11) is 0. The average molecular weight is 298 g/mol. The minimum Gasteiger partial charge on any atom is -0.444 e. The van der Waals surface area contributed by atoms with Gasteiger partial charge in [0, 0.05) is 12.6 Å². The molecule has 1 saturated heterocycles. The molecule has 21 heavy (non-hydrogen) atoms. The second kappa shape index (κ2) is 6.24. The molecule has 1 rings (SSSR count). The molecule has 0 aromatic carbocycles. The van der Waals surface area contributed by atoms with E-state index in [0.29, 0.717) is 0 Å². The van der Waals surface area contributed by atoms with E-state index in [1.165, 1.54) is 0 Å². The van der Waals surface area contributed by atoms with Crippen molar-refractivity contribution in [2.24, 2.45) is 5.41 Å². The van der Waals surface area contributed by atoms with Gasteiger partial charge in [0.1, 0.15) is 11.6 Å². The van der Waals surface area contributed by atoms with Gasteiger partial charge in [0.05, 0.1) is 0 Å². The Balaban J connectivity index is 2.82. The molecule has 5 heteroatoms. The van der Waals surface area contributed by atoms with Crippen molar-refractivity contribution in [1.29, 1.82) is 0 Å². The van der Waals surface area contributed by atoms with Gasteiger partial charge in [-0.05, 0) is 46.0 Å². The van der Waals surface area contributed by atoms with Gasteiger partial charge in [-0.2, -0.15) is 0 Å². The third kappa shape index (κ3) is 5.21. The number of hydrogen-bond acceptors (Lipinski definition) is 3. The van der Waals surface area contributed by atoms with Crippen molar-refractivity contribution >= 4 is 12.0 Å². The molecule has 1 heterocycles. The summed E-state index contributed by atoms with van der Waals surface area (Å²) in [5.41, 5.74) is -0.938. The molecule has 1 aliphatic rings. The number of rotatable bonds is 2. The minimum atomic E-state index is -0.576. The Morgan fingerprint density at radius 1 is 1.19 bits per heavy atom. The Kier molecular flexibility index (Phi) is 5.29. The van der Waals surface area contributed by atoms with Crippen LogP contribution < -0.4 is 5.32 Å². The van der Waals surface area contributed by atoms with E-state index < -0.39 is 17.7 Å². The van der Waals surface area contributed by atoms with Crippen LogP contribution in [0.3, 0.4) is 0 Å². The van der Waals surface area contributed by atoms with E-state index in [1.807, 2.05) is 46.4 Å². The van der Waals surface area contributed by atoms with Crippen LogP contribution in [0.25, 0.3) is 0 Å². The largest absolute Gasteiger partial charge is 0.444 e. The van der Waals surface area contributed by atoms with Crippen LogP contribution in [-0.2, 0) is 9.53 Å². The summed E-state index contributed by atoms with van der Waals surface area (Å²) in [6.45, 7) is 14.1. The van der Waals surface area contributed by atoms with E-state index in [9.17, 15) is 9.59 Å². The van der Waals surface area contributed by atoms with Crippen molar-refractivity contribution in [1.82, 2.24) is 10.2 Å². The first-order valence-corrected chi connectivity index (χ1v) is 7.72. The fourth-order valence-electron chi connectivity index (χ4n) is 2.50. The van der Waals surface area contributed by atoms with Crippen LogP contribution in [0.5, 0.6) is 0 Å². The Bertz CT molecular complexity index is 393. The van der Waals surface area contributed by atoms with E-state index in [1.54, 1.807) is 0 Å². The maximum atomic E-state index is 12.8. The molecule has 0 spiro atoms. The van der Waals surface area contributed by atoms with Crippen LogP contribution in [0.2, 0.25) is 0 Å². The van der Waals surface area contributed by atoms with Gasteiger partial charge in [-0.3, -0.25) is 4.79 Å². The lowest BCUT2D eigenvalue weighted by Gasteiger charge is -2.35. The second-order valence-corrected chi connectivity index (χ2v) is 7.97. The number of nitrogens with one attached hydrogen (secondary N) is 1. The van der Waals surface area contributed by atoms with Gasteiger partial charge in [-0.15, -0.1) is 0 Å². The van der Waals surface area contributed by atoms with Crippen LogP contribution in [0.1, 0.15) is 61.3 Å². The lowest BCUT2D eigenvalue weighted by Crippen LogP contribution is -2.56. The van der Waals surface area contributed by atoms with E-state index in [-0.39, 0.29) is 17.4 Å². The maximum absolute atomic E-state index is 12.8. The van der Waals surface area contributed by atoms with Crippen molar-refractivity contribution in [3.63, 3.8) is 0 Å². The van der Waals surface area contributed by atoms with Gasteiger partial charge in [0.15, 0.2) is 0 Å². The molecular weight excluding hydrogens is 268 g/mol. The fraction of sp³-hybridized carbons (Fsp3) is 0.875. The van der Waals surface area contributed by atoms with E-state index in [4.69, 9.17) is 4.74 Å². The predicted molar refractivity (Wildman–Crippen MR) is 83.0 cm³/mol. The molecule has 0 aromatic rings. The number of alkyl carbamates (subject to hydrolysis) is 1. The van der Waals surface area contributed by atoms with Gasteiger partial charge >= 0.3 is 6.09 Å². The first kappa shape index (κ1) is 17.8. The third-order valence-corrected chi connectivity index (χ3v) is 3.61. The van der Waals surface area contributed by atoms with Crippen LogP contribution >= 0.6 is 0 Å². The smallest absolute Gasteiger partial charge is 0.408 e. The van der Waals surface area contributed by atoms with Gasteiger partial charge in [-0.25, -0.2) is 4.79 Å². The Morgan fingerprint density at radius 2 is 1.76 bits per heavy atom. The second-order valence-electron chi connectivity index (χ2n) is 7.97. The SMILES string of the molecule is CC1CCCN1C(=O)[C@@H](NC(=O)OC(C)(C)C)C(C)(C)C. The van der Waals surface area contributed by atoms with Crippen LogP contribution in [0, 0.1) is 5.41 Å². The number of carbonyl (C=O) groups excluding carboxylic acids is 2. The Hall–Kier alpha value is -1.26. The lowest BCUT2D eigenvalue weighted by molar-refractivity contribution is -0.136. The molecule has 122 valence electrons. The summed E-state index contributed by atoms with van der Waals surface area (Å²) in [4.78, 5) is 26.6. The number of hydrogen-bond donors (Lipinski definition) is 1. The van der Waals surface area contributed by atoms with Gasteiger partial charge in [0.2, 0.25) is 5.91 Å². The van der Waals surface area contributed by atoms with Crippen molar-refractivity contribution in [3.8, 4) is 0 Å². The van der Waals surface area contributed by atoms with E-state index in [2.05, 4.69) is 12.2 Å². The molecule has 2 atom stereocenters. The highest BCUT2D eigenvalue weighted by Crippen LogP contribution is 2.25. The number of likely N-dealkylation sites (tertiary alicyclic amines) is 1. The molecular formula is C16H30N2O3. The van der Waals surface area contributed by atoms with Crippen LogP contribution in [0.15, 0.2) is 0 Å². The lowest BCUT2D eigenvalue weighted by atomic mass is 9.85. The van der Waals surface area contributed by atoms with Crippen molar-refractivity contribution in [2.75, 3.05) is 6.54 Å². The number of ether oxygens (including phenoxy) is 1. The molecule has 0 saturated carbocycles. The summed E-state index contributed by atoms with van der Waals surface area (Å²) in [5, 5.41) is 2.76. The molecule has 2 amide bonds. The van der Waals surface area contributed by atoms with Crippen molar-refractivity contribution in [2.45, 2.75) is 79.0 Å². The Morgan fingerprint density at radius 3 is 2.14 bits per heavy atom. The van der Waals surface area contributed by atoms with Crippen molar-refractivity contribution < 1.29 is 14.3 Å². The highest BCUT2D eigenvalue weighted by Gasteiger charge is 2.39. The zero-order valence-electron chi connectivity index (χ0n) is 14.4. The highest BCUT2D eigenvalue weighted by atomic mass is 16.6. The van der Waals surface area contributed by atoms with Gasteiger partial charge < -0.3 is 15.0 Å². The number of amides is 2. The van der Waals surface area contributed by atoms with E-state index >= 15 is 0 Å². The molecule has 5 nitrogen and oxygen atoms in total. The maximum Gasteiger partial charge on any atom is 0.408 e. The van der Waals surface area contributed by atoms with E-state index in [0.717, 1.165) is 19.4 Å². The predicted octanol–water partition coefficient (Wildman–Crippen LogP) is 2.94. The molecule has 0 bridgehead atoms. The molecule has 1 N–H and O–H groups in total. The standard InChI is InChI=1S/C16H30N2O3/c1-11-9-8-10-18(11)13(19)12(15(2,3)4)17-14(20)21-16(5,6)7/h11-12H,8-10H2,1-7H3,(H,17,20)/t11?,12-/m1/s1. The van der Waals surface area contributed by atoms with Gasteiger partial charge in [-0.1, -0.05) is 20.8 Å². The quantitative estimate of drug-likeness (QED) is 0.852. The molecule has 1 fully saturated rings. The third-order valence-electron chi connectivity index (χ3n) is 3.61. The summed E-state index contributed by atoms with van der Waals surface area (Å²) in [5.74, 6) is -0.0154. The van der Waals surface area contributed by atoms with Crippen molar-refractivity contribution in [3.05, 3.63) is 0 Å². The molecule has 0 aromatic heterocycles. The number of nitrogens with zero attached hydrogens (tertiary/aromatic N) is 1. The zero-order valence-corrected chi connectivity index (χ0v) is 14.4. The summed E-state index contributed by atoms with van der Waals surface area (Å²) in [6.07, 6.45) is 1.51. The molecule has 1 aliphatic heterocycles. The topological polar surface area (TPSA) is 58.6 Å². The molecule has 1 unspecified atom stereocenters. The number of carbonyl (C=O) groups is 2.